The van der Waals surface area contributed by atoms with Crippen molar-refractivity contribution in [3.63, 3.8) is 0 Å². The SMILES string of the molecule is Cc1csc(CC(=O)N=Nc2c(O)[nH]c3ccc(Br)cc23)n1. The predicted molar refractivity (Wildman–Crippen MR) is 87.7 cm³/mol. The molecular formula is C14H11BrN4O2S. The number of nitrogens with zero attached hydrogens (tertiary/aromatic N) is 3. The largest absolute Gasteiger partial charge is 0.493 e. The molecule has 1 amide bonds. The van der Waals surface area contributed by atoms with Crippen LogP contribution in [0.25, 0.3) is 10.9 Å². The lowest BCUT2D eigenvalue weighted by Gasteiger charge is -1.93. The first-order valence-corrected chi connectivity index (χ1v) is 8.06. The zero-order chi connectivity index (χ0) is 15.7. The number of aromatic amines is 1. The number of nitrogens with one attached hydrogen (secondary N) is 1. The summed E-state index contributed by atoms with van der Waals surface area (Å²) in [5, 5.41) is 20.7. The monoisotopic (exact) mass is 378 g/mol. The van der Waals surface area contributed by atoms with Crippen molar-refractivity contribution in [2.45, 2.75) is 13.3 Å². The topological polar surface area (TPSA) is 90.7 Å². The lowest BCUT2D eigenvalue weighted by atomic mass is 10.2. The molecule has 0 aliphatic heterocycles. The van der Waals surface area contributed by atoms with Gasteiger partial charge in [0.05, 0.1) is 11.9 Å². The van der Waals surface area contributed by atoms with Crippen molar-refractivity contribution >= 4 is 49.8 Å². The van der Waals surface area contributed by atoms with Gasteiger partial charge in [0.1, 0.15) is 5.01 Å². The van der Waals surface area contributed by atoms with Gasteiger partial charge >= 0.3 is 0 Å². The van der Waals surface area contributed by atoms with Crippen LogP contribution in [0.15, 0.2) is 38.3 Å². The van der Waals surface area contributed by atoms with E-state index in [1.54, 1.807) is 12.1 Å². The van der Waals surface area contributed by atoms with E-state index in [0.29, 0.717) is 10.4 Å². The fraction of sp³-hybridized carbons (Fsp3) is 0.143. The summed E-state index contributed by atoms with van der Waals surface area (Å²) in [6.07, 6.45) is 0.106. The zero-order valence-corrected chi connectivity index (χ0v) is 13.9. The Bertz CT molecular complexity index is 884. The van der Waals surface area contributed by atoms with Gasteiger partial charge in [0.2, 0.25) is 5.88 Å². The standard InChI is InChI=1S/C14H11BrN4O2S/c1-7-6-22-12(16-7)5-11(20)18-19-13-9-4-8(15)2-3-10(9)17-14(13)21/h2-4,6,17,21H,5H2,1H3. The molecule has 1 aromatic carbocycles. The molecule has 3 aromatic rings. The van der Waals surface area contributed by atoms with Gasteiger partial charge in [-0.1, -0.05) is 15.9 Å². The number of benzene rings is 1. The lowest BCUT2D eigenvalue weighted by Crippen LogP contribution is -1.97. The van der Waals surface area contributed by atoms with Crippen LogP contribution in [0.5, 0.6) is 5.88 Å². The van der Waals surface area contributed by atoms with Crippen LogP contribution in [0.1, 0.15) is 10.7 Å². The Labute approximate surface area is 138 Å². The van der Waals surface area contributed by atoms with E-state index in [9.17, 15) is 9.90 Å². The number of azo groups is 1. The second-order valence-corrected chi connectivity index (χ2v) is 6.52. The zero-order valence-electron chi connectivity index (χ0n) is 11.5. The summed E-state index contributed by atoms with van der Waals surface area (Å²) >= 11 is 4.77. The van der Waals surface area contributed by atoms with Crippen LogP contribution in [0, 0.1) is 6.92 Å². The quantitative estimate of drug-likeness (QED) is 0.667. The van der Waals surface area contributed by atoms with Crippen molar-refractivity contribution in [1.82, 2.24) is 9.97 Å². The Morgan fingerprint density at radius 3 is 3.05 bits per heavy atom. The average Bonchev–Trinajstić information content (AvgIpc) is 2.99. The molecule has 112 valence electrons. The Balaban J connectivity index is 1.84. The van der Waals surface area contributed by atoms with Crippen LogP contribution in [-0.2, 0) is 11.2 Å². The molecule has 0 saturated carbocycles. The normalized spacial score (nSPS) is 11.5. The van der Waals surface area contributed by atoms with Gasteiger partial charge < -0.3 is 10.1 Å². The molecule has 0 unspecified atom stereocenters. The summed E-state index contributed by atoms with van der Waals surface area (Å²) in [7, 11) is 0. The molecule has 0 bridgehead atoms. The number of H-pyrrole nitrogens is 1. The number of fused-ring (bicyclic) bond motifs is 1. The summed E-state index contributed by atoms with van der Waals surface area (Å²) in [6, 6.07) is 5.45. The number of aromatic nitrogens is 2. The Kier molecular flexibility index (Phi) is 4.04. The molecule has 0 saturated heterocycles. The summed E-state index contributed by atoms with van der Waals surface area (Å²) in [5.41, 5.74) is 1.85. The summed E-state index contributed by atoms with van der Waals surface area (Å²) in [4.78, 5) is 18.8. The molecule has 0 aliphatic rings. The Morgan fingerprint density at radius 1 is 1.50 bits per heavy atom. The molecule has 0 fully saturated rings. The van der Waals surface area contributed by atoms with E-state index in [-0.39, 0.29) is 18.0 Å². The summed E-state index contributed by atoms with van der Waals surface area (Å²) in [5.74, 6) is -0.521. The molecule has 2 N–H and O–H groups in total. The van der Waals surface area contributed by atoms with Crippen molar-refractivity contribution in [2.75, 3.05) is 0 Å². The van der Waals surface area contributed by atoms with Gasteiger partial charge in [-0.25, -0.2) is 4.98 Å². The van der Waals surface area contributed by atoms with Gasteiger partial charge in [-0.2, -0.15) is 0 Å². The van der Waals surface area contributed by atoms with E-state index >= 15 is 0 Å². The first-order valence-electron chi connectivity index (χ1n) is 6.38. The van der Waals surface area contributed by atoms with Crippen molar-refractivity contribution < 1.29 is 9.90 Å². The minimum atomic E-state index is -0.405. The smallest absolute Gasteiger partial charge is 0.271 e. The lowest BCUT2D eigenvalue weighted by molar-refractivity contribution is -0.117. The number of hydrogen-bond donors (Lipinski definition) is 2. The number of rotatable bonds is 3. The third-order valence-electron chi connectivity index (χ3n) is 2.94. The number of carbonyl (C=O) groups excluding carboxylic acids is 1. The molecule has 2 heterocycles. The minimum absolute atomic E-state index is 0.106. The number of hydrogen-bond acceptors (Lipinski definition) is 5. The van der Waals surface area contributed by atoms with Crippen molar-refractivity contribution in [1.29, 1.82) is 0 Å². The van der Waals surface area contributed by atoms with Gasteiger partial charge in [-0.3, -0.25) is 4.79 Å². The Hall–Kier alpha value is -2.06. The van der Waals surface area contributed by atoms with Crippen LogP contribution in [-0.4, -0.2) is 21.0 Å². The van der Waals surface area contributed by atoms with Crippen LogP contribution < -0.4 is 0 Å². The van der Waals surface area contributed by atoms with E-state index in [1.165, 1.54) is 11.3 Å². The van der Waals surface area contributed by atoms with Gasteiger partial charge in [0.25, 0.3) is 5.91 Å². The minimum Gasteiger partial charge on any atom is -0.493 e. The summed E-state index contributed by atoms with van der Waals surface area (Å²) < 4.78 is 0.847. The summed E-state index contributed by atoms with van der Waals surface area (Å²) in [6.45, 7) is 1.87. The van der Waals surface area contributed by atoms with E-state index in [4.69, 9.17) is 0 Å². The van der Waals surface area contributed by atoms with Crippen LogP contribution >= 0.6 is 27.3 Å². The number of halogens is 1. The number of carbonyl (C=O) groups is 1. The second-order valence-electron chi connectivity index (χ2n) is 4.67. The molecule has 0 radical (unpaired) electrons. The highest BCUT2D eigenvalue weighted by molar-refractivity contribution is 9.10. The molecule has 8 heteroatoms. The van der Waals surface area contributed by atoms with Crippen LogP contribution in [0.4, 0.5) is 5.69 Å². The third-order valence-corrected chi connectivity index (χ3v) is 4.40. The molecule has 2 aromatic heterocycles. The first kappa shape index (κ1) is 14.9. The average molecular weight is 379 g/mol. The molecule has 3 rings (SSSR count). The van der Waals surface area contributed by atoms with E-state index in [2.05, 4.69) is 36.1 Å². The van der Waals surface area contributed by atoms with Crippen molar-refractivity contribution in [3.05, 3.63) is 38.8 Å². The molecule has 0 spiro atoms. The molecule has 22 heavy (non-hydrogen) atoms. The van der Waals surface area contributed by atoms with E-state index in [1.807, 2.05) is 18.4 Å². The molecule has 6 nitrogen and oxygen atoms in total. The fourth-order valence-corrected chi connectivity index (χ4v) is 3.12. The molecule has 0 atom stereocenters. The predicted octanol–water partition coefficient (Wildman–Crippen LogP) is 4.25. The van der Waals surface area contributed by atoms with Crippen molar-refractivity contribution in [2.24, 2.45) is 10.2 Å². The maximum atomic E-state index is 11.8. The highest BCUT2D eigenvalue weighted by atomic mass is 79.9. The fourth-order valence-electron chi connectivity index (χ4n) is 1.99. The second kappa shape index (κ2) is 5.98. The van der Waals surface area contributed by atoms with Gasteiger partial charge in [-0.15, -0.1) is 21.6 Å². The third kappa shape index (κ3) is 3.07. The molecular weight excluding hydrogens is 368 g/mol. The van der Waals surface area contributed by atoms with Gasteiger partial charge in [0, 0.05) is 20.9 Å². The van der Waals surface area contributed by atoms with Crippen molar-refractivity contribution in [3.8, 4) is 5.88 Å². The van der Waals surface area contributed by atoms with Gasteiger partial charge in [0.15, 0.2) is 5.69 Å². The van der Waals surface area contributed by atoms with E-state index < -0.39 is 5.91 Å². The first-order chi connectivity index (χ1) is 10.5. The molecule has 0 aliphatic carbocycles. The number of aromatic hydroxyl groups is 1. The maximum absolute atomic E-state index is 11.8. The van der Waals surface area contributed by atoms with Gasteiger partial charge in [-0.05, 0) is 25.1 Å². The maximum Gasteiger partial charge on any atom is 0.271 e. The van der Waals surface area contributed by atoms with Crippen LogP contribution in [0.2, 0.25) is 0 Å². The van der Waals surface area contributed by atoms with E-state index in [0.717, 1.165) is 15.7 Å². The number of amides is 1. The number of thiazole rings is 1. The Morgan fingerprint density at radius 2 is 2.32 bits per heavy atom. The van der Waals surface area contributed by atoms with Crippen LogP contribution in [0.3, 0.4) is 0 Å². The highest BCUT2D eigenvalue weighted by Crippen LogP contribution is 2.36. The highest BCUT2D eigenvalue weighted by Gasteiger charge is 2.12. The number of aryl methyl sites for hydroxylation is 1.